The molecule has 3 aliphatic carbocycles. The number of nitrogens with one attached hydrogen (secondary N) is 1. The minimum absolute atomic E-state index is 0.615. The number of nitrogens with zero attached hydrogens (tertiary/aromatic N) is 1. The normalized spacial score (nSPS) is 26.9. The average molecular weight is 206 g/mol. The third-order valence-electron chi connectivity index (χ3n) is 4.19. The second-order valence-electron chi connectivity index (χ2n) is 5.69. The van der Waals surface area contributed by atoms with Crippen molar-refractivity contribution in [3.8, 4) is 0 Å². The largest absolute Gasteiger partial charge is 0.357 e. The molecule has 0 amide bonds. The average Bonchev–Trinajstić information content (AvgIpc) is 3.14. The van der Waals surface area contributed by atoms with Crippen LogP contribution in [0.15, 0.2) is 0 Å². The summed E-state index contributed by atoms with van der Waals surface area (Å²) in [7, 11) is 0. The molecule has 2 heteroatoms. The van der Waals surface area contributed by atoms with Crippen LogP contribution in [-0.2, 0) is 0 Å². The number of amidine groups is 1. The second-order valence-corrected chi connectivity index (χ2v) is 5.69. The van der Waals surface area contributed by atoms with Crippen molar-refractivity contribution in [2.75, 3.05) is 6.54 Å². The van der Waals surface area contributed by atoms with Gasteiger partial charge in [0.25, 0.3) is 0 Å². The quantitative estimate of drug-likeness (QED) is 0.555. The fraction of sp³-hybridized carbons (Fsp3) is 0.923. The van der Waals surface area contributed by atoms with E-state index in [1.807, 2.05) is 0 Å². The molecule has 0 unspecified atom stereocenters. The van der Waals surface area contributed by atoms with Crippen molar-refractivity contribution in [2.45, 2.75) is 57.4 Å². The molecule has 15 heavy (non-hydrogen) atoms. The van der Waals surface area contributed by atoms with E-state index in [9.17, 15) is 0 Å². The van der Waals surface area contributed by atoms with E-state index >= 15 is 0 Å². The molecule has 0 atom stereocenters. The van der Waals surface area contributed by atoms with Crippen LogP contribution < -0.4 is 0 Å². The standard InChI is InChI=1S/C13H22N2/c14-13(11-3-1-2-4-11)15(12-7-8-12)9-10-5-6-10/h10-12,14H,1-9H2. The first-order valence-electron chi connectivity index (χ1n) is 6.69. The first kappa shape index (κ1) is 9.68. The molecule has 0 aliphatic heterocycles. The molecule has 0 aromatic rings. The summed E-state index contributed by atoms with van der Waals surface area (Å²) in [6.07, 6.45) is 10.8. The molecule has 0 radical (unpaired) electrons. The van der Waals surface area contributed by atoms with E-state index in [1.165, 1.54) is 57.9 Å². The summed E-state index contributed by atoms with van der Waals surface area (Å²) < 4.78 is 0. The van der Waals surface area contributed by atoms with Crippen molar-refractivity contribution in [3.05, 3.63) is 0 Å². The van der Waals surface area contributed by atoms with Crippen LogP contribution in [0.3, 0.4) is 0 Å². The van der Waals surface area contributed by atoms with Gasteiger partial charge in [0, 0.05) is 18.5 Å². The van der Waals surface area contributed by atoms with Crippen LogP contribution in [0.2, 0.25) is 0 Å². The van der Waals surface area contributed by atoms with Crippen LogP contribution >= 0.6 is 0 Å². The summed E-state index contributed by atoms with van der Waals surface area (Å²) in [5.74, 6) is 2.55. The topological polar surface area (TPSA) is 27.1 Å². The first-order valence-corrected chi connectivity index (χ1v) is 6.69. The third-order valence-corrected chi connectivity index (χ3v) is 4.19. The zero-order chi connectivity index (χ0) is 10.3. The maximum absolute atomic E-state index is 8.36. The Morgan fingerprint density at radius 1 is 1.00 bits per heavy atom. The monoisotopic (exact) mass is 206 g/mol. The summed E-state index contributed by atoms with van der Waals surface area (Å²) in [6, 6.07) is 0.763. The van der Waals surface area contributed by atoms with E-state index < -0.39 is 0 Å². The number of hydrogen-bond acceptors (Lipinski definition) is 1. The molecule has 0 bridgehead atoms. The van der Waals surface area contributed by atoms with E-state index in [0.29, 0.717) is 5.92 Å². The highest BCUT2D eigenvalue weighted by molar-refractivity contribution is 5.82. The molecule has 3 rings (SSSR count). The van der Waals surface area contributed by atoms with Crippen molar-refractivity contribution in [1.82, 2.24) is 4.90 Å². The Labute approximate surface area is 92.5 Å². The predicted molar refractivity (Wildman–Crippen MR) is 62.1 cm³/mol. The molecule has 0 aromatic carbocycles. The van der Waals surface area contributed by atoms with Gasteiger partial charge in [-0.2, -0.15) is 0 Å². The van der Waals surface area contributed by atoms with Crippen molar-refractivity contribution in [2.24, 2.45) is 11.8 Å². The molecule has 0 heterocycles. The van der Waals surface area contributed by atoms with Gasteiger partial charge in [-0.25, -0.2) is 0 Å². The van der Waals surface area contributed by atoms with E-state index in [1.54, 1.807) is 0 Å². The Bertz CT molecular complexity index is 247. The second kappa shape index (κ2) is 3.80. The first-order chi connectivity index (χ1) is 7.34. The molecule has 84 valence electrons. The molecular formula is C13H22N2. The van der Waals surface area contributed by atoms with Gasteiger partial charge in [0.15, 0.2) is 0 Å². The van der Waals surface area contributed by atoms with Crippen LogP contribution in [0.5, 0.6) is 0 Å². The van der Waals surface area contributed by atoms with Crippen LogP contribution in [0, 0.1) is 17.2 Å². The number of rotatable bonds is 4. The van der Waals surface area contributed by atoms with Gasteiger partial charge in [-0.3, -0.25) is 5.41 Å². The molecule has 0 aromatic heterocycles. The molecule has 2 nitrogen and oxygen atoms in total. The predicted octanol–water partition coefficient (Wildman–Crippen LogP) is 3.03. The zero-order valence-corrected chi connectivity index (χ0v) is 9.54. The van der Waals surface area contributed by atoms with E-state index in [0.717, 1.165) is 17.8 Å². The molecule has 0 spiro atoms. The van der Waals surface area contributed by atoms with Crippen molar-refractivity contribution < 1.29 is 0 Å². The summed E-state index contributed by atoms with van der Waals surface area (Å²) in [5, 5.41) is 8.36. The lowest BCUT2D eigenvalue weighted by Crippen LogP contribution is -2.38. The maximum atomic E-state index is 8.36. The minimum atomic E-state index is 0.615. The van der Waals surface area contributed by atoms with Gasteiger partial charge in [-0.15, -0.1) is 0 Å². The van der Waals surface area contributed by atoms with Crippen LogP contribution in [0.25, 0.3) is 0 Å². The Kier molecular flexibility index (Phi) is 2.45. The Morgan fingerprint density at radius 3 is 2.20 bits per heavy atom. The smallest absolute Gasteiger partial charge is 0.0992 e. The molecule has 0 saturated heterocycles. The maximum Gasteiger partial charge on any atom is 0.0992 e. The highest BCUT2D eigenvalue weighted by Gasteiger charge is 2.37. The third kappa shape index (κ3) is 2.19. The highest BCUT2D eigenvalue weighted by Crippen LogP contribution is 2.37. The Hall–Kier alpha value is -0.530. The van der Waals surface area contributed by atoms with Gasteiger partial charge in [0.05, 0.1) is 5.84 Å². The lowest BCUT2D eigenvalue weighted by Gasteiger charge is -2.28. The molecule has 1 N–H and O–H groups in total. The van der Waals surface area contributed by atoms with Gasteiger partial charge < -0.3 is 4.90 Å². The molecular weight excluding hydrogens is 184 g/mol. The molecule has 3 fully saturated rings. The molecule has 3 saturated carbocycles. The fourth-order valence-corrected chi connectivity index (χ4v) is 2.84. The van der Waals surface area contributed by atoms with Crippen LogP contribution in [0.4, 0.5) is 0 Å². The van der Waals surface area contributed by atoms with Crippen LogP contribution in [-0.4, -0.2) is 23.3 Å². The Balaban J connectivity index is 1.61. The van der Waals surface area contributed by atoms with Gasteiger partial charge in [0.1, 0.15) is 0 Å². The van der Waals surface area contributed by atoms with Gasteiger partial charge in [0.2, 0.25) is 0 Å². The lowest BCUT2D eigenvalue weighted by molar-refractivity contribution is 0.364. The van der Waals surface area contributed by atoms with Gasteiger partial charge in [-0.1, -0.05) is 12.8 Å². The van der Waals surface area contributed by atoms with Crippen LogP contribution in [0.1, 0.15) is 51.4 Å². The highest BCUT2D eigenvalue weighted by atomic mass is 15.2. The minimum Gasteiger partial charge on any atom is -0.357 e. The summed E-state index contributed by atoms with van der Waals surface area (Å²) in [5.41, 5.74) is 0. The summed E-state index contributed by atoms with van der Waals surface area (Å²) in [6.45, 7) is 1.21. The van der Waals surface area contributed by atoms with Crippen molar-refractivity contribution in [3.63, 3.8) is 0 Å². The van der Waals surface area contributed by atoms with E-state index in [2.05, 4.69) is 4.90 Å². The SMILES string of the molecule is N=C(C1CCCC1)N(CC1CC1)C1CC1. The Morgan fingerprint density at radius 2 is 1.67 bits per heavy atom. The summed E-state index contributed by atoms with van der Waals surface area (Å²) in [4.78, 5) is 2.47. The fourth-order valence-electron chi connectivity index (χ4n) is 2.84. The number of hydrogen-bond donors (Lipinski definition) is 1. The van der Waals surface area contributed by atoms with Gasteiger partial charge in [-0.05, 0) is 44.4 Å². The van der Waals surface area contributed by atoms with Gasteiger partial charge >= 0.3 is 0 Å². The van der Waals surface area contributed by atoms with Crippen molar-refractivity contribution >= 4 is 5.84 Å². The molecule has 3 aliphatic rings. The zero-order valence-electron chi connectivity index (χ0n) is 9.54. The van der Waals surface area contributed by atoms with E-state index in [4.69, 9.17) is 5.41 Å². The lowest BCUT2D eigenvalue weighted by atomic mass is 10.1. The van der Waals surface area contributed by atoms with Crippen molar-refractivity contribution in [1.29, 1.82) is 5.41 Å². The van der Waals surface area contributed by atoms with E-state index in [-0.39, 0.29) is 0 Å². The summed E-state index contributed by atoms with van der Waals surface area (Å²) >= 11 is 0.